The highest BCUT2D eigenvalue weighted by molar-refractivity contribution is 5.98. The second kappa shape index (κ2) is 10.3. The molecule has 0 bridgehead atoms. The quantitative estimate of drug-likeness (QED) is 0.350. The summed E-state index contributed by atoms with van der Waals surface area (Å²) in [5, 5.41) is 0. The van der Waals surface area contributed by atoms with Crippen LogP contribution in [0.25, 0.3) is 0 Å². The average molecular weight is 433 g/mol. The molecule has 0 aromatic heterocycles. The Morgan fingerprint density at radius 1 is 0.677 bits per heavy atom. The molecule has 0 aromatic rings. The van der Waals surface area contributed by atoms with Crippen LogP contribution in [0, 0.1) is 34.5 Å². The van der Waals surface area contributed by atoms with Crippen LogP contribution in [0.3, 0.4) is 0 Å². The smallest absolute Gasteiger partial charge is 0.151 e. The molecule has 178 valence electrons. The Hall–Kier alpha value is -0.400. The predicted molar refractivity (Wildman–Crippen MR) is 128 cm³/mol. The van der Waals surface area contributed by atoms with E-state index in [0.29, 0.717) is 5.78 Å². The Bertz CT molecular complexity index is 574. The predicted octanol–water partition coefficient (Wildman–Crippen LogP) is 8.84. The maximum atomic E-state index is 15.8. The van der Waals surface area contributed by atoms with Gasteiger partial charge in [0.1, 0.15) is 6.17 Å². The Morgan fingerprint density at radius 2 is 1.23 bits per heavy atom. The van der Waals surface area contributed by atoms with Crippen molar-refractivity contribution in [3.05, 3.63) is 0 Å². The van der Waals surface area contributed by atoms with Gasteiger partial charge in [0, 0.05) is 0 Å². The number of hydrogen-bond acceptors (Lipinski definition) is 1. The van der Waals surface area contributed by atoms with Gasteiger partial charge in [-0.2, -0.15) is 0 Å². The van der Waals surface area contributed by atoms with E-state index in [1.54, 1.807) is 0 Å². The maximum Gasteiger partial charge on any atom is 0.151 e. The minimum Gasteiger partial charge on any atom is -0.298 e. The molecule has 4 aliphatic rings. The second-order valence-corrected chi connectivity index (χ2v) is 12.2. The van der Waals surface area contributed by atoms with Gasteiger partial charge in [-0.1, -0.05) is 71.6 Å². The lowest BCUT2D eigenvalue weighted by Gasteiger charge is -2.61. The number of carbonyl (C=O) groups is 1. The fourth-order valence-corrected chi connectivity index (χ4v) is 8.46. The van der Waals surface area contributed by atoms with Gasteiger partial charge in [0.2, 0.25) is 0 Å². The van der Waals surface area contributed by atoms with Crippen molar-refractivity contribution in [1.29, 1.82) is 0 Å². The van der Waals surface area contributed by atoms with E-state index in [4.69, 9.17) is 0 Å². The molecule has 1 nitrogen and oxygen atoms in total. The van der Waals surface area contributed by atoms with Crippen LogP contribution in [0.1, 0.15) is 136 Å². The molecule has 0 N–H and O–H groups in total. The second-order valence-electron chi connectivity index (χ2n) is 12.2. The molecule has 0 aromatic carbocycles. The minimum atomic E-state index is -0.838. The van der Waals surface area contributed by atoms with Gasteiger partial charge in [-0.05, 0) is 87.9 Å². The van der Waals surface area contributed by atoms with Crippen molar-refractivity contribution in [3.63, 3.8) is 0 Å². The van der Waals surface area contributed by atoms with Crippen molar-refractivity contribution >= 4 is 5.78 Å². The van der Waals surface area contributed by atoms with Gasteiger partial charge in [-0.3, -0.25) is 4.79 Å². The van der Waals surface area contributed by atoms with E-state index in [9.17, 15) is 4.79 Å². The first kappa shape index (κ1) is 23.7. The van der Waals surface area contributed by atoms with Crippen LogP contribution in [-0.2, 0) is 4.79 Å². The molecular weight excluding hydrogens is 383 g/mol. The zero-order chi connectivity index (χ0) is 21.9. The topological polar surface area (TPSA) is 17.1 Å². The summed E-state index contributed by atoms with van der Waals surface area (Å²) in [5.41, 5.74) is -1.13. The largest absolute Gasteiger partial charge is 0.298 e. The van der Waals surface area contributed by atoms with Gasteiger partial charge in [0.05, 0.1) is 10.8 Å². The lowest BCUT2D eigenvalue weighted by atomic mass is 9.41. The molecule has 4 rings (SSSR count). The fourth-order valence-electron chi connectivity index (χ4n) is 8.46. The van der Waals surface area contributed by atoms with Gasteiger partial charge in [-0.25, -0.2) is 4.39 Å². The van der Waals surface area contributed by atoms with Crippen LogP contribution < -0.4 is 0 Å². The van der Waals surface area contributed by atoms with Crippen molar-refractivity contribution < 1.29 is 9.18 Å². The number of ketones is 1. The van der Waals surface area contributed by atoms with Gasteiger partial charge in [-0.15, -0.1) is 0 Å². The molecular formula is C29H49FO. The number of alkyl halides is 1. The molecule has 0 saturated heterocycles. The molecule has 1 atom stereocenters. The molecule has 4 saturated carbocycles. The fraction of sp³-hybridized carbons (Fsp3) is 0.966. The summed E-state index contributed by atoms with van der Waals surface area (Å²) in [4.78, 5) is 13.5. The highest BCUT2D eigenvalue weighted by Gasteiger charge is 2.71. The molecule has 0 heterocycles. The van der Waals surface area contributed by atoms with E-state index in [1.165, 1.54) is 70.6 Å². The van der Waals surface area contributed by atoms with Crippen molar-refractivity contribution in [3.8, 4) is 0 Å². The third-order valence-electron chi connectivity index (χ3n) is 10.5. The highest BCUT2D eigenvalue weighted by Crippen LogP contribution is 2.66. The number of Topliss-reactive ketones (excluding diaryl/α,β-unsaturated/α-hetero) is 1. The van der Waals surface area contributed by atoms with Crippen LogP contribution in [0.2, 0.25) is 0 Å². The lowest BCUT2D eigenvalue weighted by Crippen LogP contribution is -2.69. The normalized spacial score (nSPS) is 43.3. The summed E-state index contributed by atoms with van der Waals surface area (Å²) in [6.07, 6.45) is 21.9. The lowest BCUT2D eigenvalue weighted by molar-refractivity contribution is -0.194. The standard InChI is InChI=1S/C29H49FO/c1-3-5-6-7-9-23-14-18-28(19-15-23)26(30)29(27(28)31)20-16-25(17-21-29)24-12-10-22(8-4-2)11-13-24/h22-26H,3-21H2,1-2H3/t22?,23?,24?,25?,26-,28?,29?/m1/s1. The van der Waals surface area contributed by atoms with Crippen LogP contribution in [0.4, 0.5) is 4.39 Å². The first-order valence-corrected chi connectivity index (χ1v) is 14.2. The number of rotatable bonds is 8. The first-order chi connectivity index (χ1) is 15.1. The van der Waals surface area contributed by atoms with Gasteiger partial charge in [0.15, 0.2) is 5.78 Å². The molecule has 0 radical (unpaired) electrons. The molecule has 4 fully saturated rings. The van der Waals surface area contributed by atoms with Crippen molar-refractivity contribution in [1.82, 2.24) is 0 Å². The summed E-state index contributed by atoms with van der Waals surface area (Å²) >= 11 is 0. The third-order valence-corrected chi connectivity index (χ3v) is 10.5. The van der Waals surface area contributed by atoms with Crippen LogP contribution in [-0.4, -0.2) is 12.0 Å². The Labute approximate surface area is 191 Å². The minimum absolute atomic E-state index is 0.363. The molecule has 2 heteroatoms. The average Bonchev–Trinajstić information content (AvgIpc) is 2.82. The van der Waals surface area contributed by atoms with E-state index in [-0.39, 0.29) is 0 Å². The van der Waals surface area contributed by atoms with E-state index in [2.05, 4.69) is 13.8 Å². The summed E-state index contributed by atoms with van der Waals surface area (Å²) < 4.78 is 15.8. The van der Waals surface area contributed by atoms with Crippen LogP contribution >= 0.6 is 0 Å². The number of hydrogen-bond donors (Lipinski definition) is 0. The van der Waals surface area contributed by atoms with Crippen LogP contribution in [0.5, 0.6) is 0 Å². The van der Waals surface area contributed by atoms with E-state index in [0.717, 1.165) is 75.0 Å². The first-order valence-electron chi connectivity index (χ1n) is 14.2. The van der Waals surface area contributed by atoms with Gasteiger partial charge < -0.3 is 0 Å². The van der Waals surface area contributed by atoms with E-state index < -0.39 is 17.0 Å². The Kier molecular flexibility index (Phi) is 7.85. The SMILES string of the molecule is CCCCCCC1CCC2(CC1)C(=O)C1(CCC(C3CCC(CCC)CC3)CC1)[C@@H]2F. The monoisotopic (exact) mass is 432 g/mol. The zero-order valence-electron chi connectivity index (χ0n) is 20.6. The Morgan fingerprint density at radius 3 is 1.77 bits per heavy atom. The zero-order valence-corrected chi connectivity index (χ0v) is 20.6. The molecule has 0 amide bonds. The van der Waals surface area contributed by atoms with Crippen molar-refractivity contribution in [2.45, 2.75) is 142 Å². The third kappa shape index (κ3) is 4.52. The summed E-state index contributed by atoms with van der Waals surface area (Å²) in [6, 6.07) is 0. The maximum absolute atomic E-state index is 15.8. The molecule has 31 heavy (non-hydrogen) atoms. The molecule has 2 spiro atoms. The summed E-state index contributed by atoms with van der Waals surface area (Å²) in [7, 11) is 0. The van der Waals surface area contributed by atoms with Crippen molar-refractivity contribution in [2.75, 3.05) is 0 Å². The number of halogens is 1. The Balaban J connectivity index is 1.24. The number of unbranched alkanes of at least 4 members (excludes halogenated alkanes) is 3. The van der Waals surface area contributed by atoms with Crippen molar-refractivity contribution in [2.24, 2.45) is 34.5 Å². The van der Waals surface area contributed by atoms with E-state index >= 15 is 4.39 Å². The summed E-state index contributed by atoms with van der Waals surface area (Å²) in [6.45, 7) is 4.57. The van der Waals surface area contributed by atoms with Gasteiger partial charge in [0.25, 0.3) is 0 Å². The van der Waals surface area contributed by atoms with Crippen LogP contribution in [0.15, 0.2) is 0 Å². The molecule has 0 unspecified atom stereocenters. The highest BCUT2D eigenvalue weighted by atomic mass is 19.1. The van der Waals surface area contributed by atoms with E-state index in [1.807, 2.05) is 0 Å². The number of carbonyl (C=O) groups excluding carboxylic acids is 1. The molecule has 0 aliphatic heterocycles. The van der Waals surface area contributed by atoms with Gasteiger partial charge >= 0.3 is 0 Å². The molecule has 4 aliphatic carbocycles. The summed E-state index contributed by atoms with van der Waals surface area (Å²) in [5.74, 6) is 3.69.